The molecule has 0 spiro atoms. The number of hydrogen-bond acceptors (Lipinski definition) is 4. The maximum atomic E-state index is 11.0. The summed E-state index contributed by atoms with van der Waals surface area (Å²) in [6.45, 7) is 0.728. The summed E-state index contributed by atoms with van der Waals surface area (Å²) in [6.07, 6.45) is 1.76. The fourth-order valence-electron chi connectivity index (χ4n) is 3.14. The molecule has 2 aromatic rings. The van der Waals surface area contributed by atoms with Crippen LogP contribution < -0.4 is 20.5 Å². The summed E-state index contributed by atoms with van der Waals surface area (Å²) in [5, 5.41) is 2.68. The molecule has 0 radical (unpaired) electrons. The molecule has 1 aliphatic heterocycles. The molecule has 1 unspecified atom stereocenters. The van der Waals surface area contributed by atoms with Crippen LogP contribution in [0.25, 0.3) is 0 Å². The second-order valence-corrected chi connectivity index (χ2v) is 6.70. The van der Waals surface area contributed by atoms with Gasteiger partial charge in [-0.3, -0.25) is 0 Å². The molecule has 2 amide bonds. The van der Waals surface area contributed by atoms with Gasteiger partial charge < -0.3 is 25.4 Å². The summed E-state index contributed by atoms with van der Waals surface area (Å²) < 4.78 is 10.9. The van der Waals surface area contributed by atoms with Gasteiger partial charge in [0.2, 0.25) is 6.79 Å². The Balaban J connectivity index is 1.74. The van der Waals surface area contributed by atoms with Crippen LogP contribution in [0.15, 0.2) is 42.5 Å². The highest BCUT2D eigenvalue weighted by Gasteiger charge is 2.18. The fourth-order valence-corrected chi connectivity index (χ4v) is 3.14. The quantitative estimate of drug-likeness (QED) is 0.799. The van der Waals surface area contributed by atoms with Crippen LogP contribution in [-0.2, 0) is 19.4 Å². The summed E-state index contributed by atoms with van der Waals surface area (Å²) >= 11 is 0. The van der Waals surface area contributed by atoms with Gasteiger partial charge in [0.25, 0.3) is 0 Å². The number of rotatable bonds is 7. The van der Waals surface area contributed by atoms with Gasteiger partial charge in [-0.25, -0.2) is 4.79 Å². The molecule has 138 valence electrons. The lowest BCUT2D eigenvalue weighted by molar-refractivity contribution is 0.174. The Hall–Kier alpha value is -2.73. The zero-order valence-corrected chi connectivity index (χ0v) is 15.2. The predicted molar refractivity (Wildman–Crippen MR) is 100 cm³/mol. The van der Waals surface area contributed by atoms with Crippen LogP contribution in [0.3, 0.4) is 0 Å². The van der Waals surface area contributed by atoms with Crippen LogP contribution in [0.4, 0.5) is 4.79 Å². The number of nitrogens with zero attached hydrogens (tertiary/aromatic N) is 1. The third-order valence-corrected chi connectivity index (χ3v) is 4.67. The molecule has 0 aliphatic carbocycles. The summed E-state index contributed by atoms with van der Waals surface area (Å²) in [4.78, 5) is 13.3. The molecule has 6 heteroatoms. The van der Waals surface area contributed by atoms with Crippen molar-refractivity contribution in [2.75, 3.05) is 20.9 Å². The van der Waals surface area contributed by atoms with E-state index in [1.54, 1.807) is 0 Å². The van der Waals surface area contributed by atoms with Crippen molar-refractivity contribution in [3.05, 3.63) is 59.2 Å². The van der Waals surface area contributed by atoms with Gasteiger partial charge in [-0.2, -0.15) is 0 Å². The molecule has 3 rings (SSSR count). The first-order chi connectivity index (χ1) is 12.5. The van der Waals surface area contributed by atoms with Crippen LogP contribution in [0.5, 0.6) is 11.5 Å². The molecular weight excluding hydrogens is 330 g/mol. The number of ether oxygens (including phenoxy) is 2. The molecule has 0 aromatic heterocycles. The minimum Gasteiger partial charge on any atom is -0.454 e. The SMILES string of the molecule is CN(C)C(Cc1ccc2c(c1)OCO2)Cc1ccccc1CNC(N)=O. The summed E-state index contributed by atoms with van der Waals surface area (Å²) in [5.41, 5.74) is 8.71. The number of nitrogens with two attached hydrogens (primary N) is 1. The van der Waals surface area contributed by atoms with E-state index in [4.69, 9.17) is 15.2 Å². The lowest BCUT2D eigenvalue weighted by Crippen LogP contribution is -2.33. The number of likely N-dealkylation sites (N-methyl/N-ethyl adjacent to an activating group) is 1. The van der Waals surface area contributed by atoms with E-state index < -0.39 is 6.03 Å². The number of urea groups is 1. The van der Waals surface area contributed by atoms with Crippen molar-refractivity contribution >= 4 is 6.03 Å². The van der Waals surface area contributed by atoms with Crippen LogP contribution in [0.2, 0.25) is 0 Å². The minimum atomic E-state index is -0.510. The van der Waals surface area contributed by atoms with Gasteiger partial charge in [0.05, 0.1) is 0 Å². The first-order valence-electron chi connectivity index (χ1n) is 8.68. The Bertz CT molecular complexity index is 777. The molecule has 1 atom stereocenters. The molecule has 0 fully saturated rings. The van der Waals surface area contributed by atoms with Gasteiger partial charge in [0.1, 0.15) is 0 Å². The van der Waals surface area contributed by atoms with Crippen molar-refractivity contribution in [1.29, 1.82) is 0 Å². The third kappa shape index (κ3) is 4.46. The lowest BCUT2D eigenvalue weighted by atomic mass is 9.95. The normalized spacial score (nSPS) is 13.7. The Morgan fingerprint density at radius 3 is 2.58 bits per heavy atom. The molecular formula is C20H25N3O3. The van der Waals surface area contributed by atoms with E-state index in [9.17, 15) is 4.79 Å². The first-order valence-corrected chi connectivity index (χ1v) is 8.68. The van der Waals surface area contributed by atoms with E-state index >= 15 is 0 Å². The van der Waals surface area contributed by atoms with Gasteiger partial charge in [-0.15, -0.1) is 0 Å². The Labute approximate surface area is 153 Å². The Morgan fingerprint density at radius 2 is 1.85 bits per heavy atom. The van der Waals surface area contributed by atoms with Crippen LogP contribution in [-0.4, -0.2) is 37.9 Å². The predicted octanol–water partition coefficient (Wildman–Crippen LogP) is 2.30. The van der Waals surface area contributed by atoms with Crippen molar-refractivity contribution in [2.24, 2.45) is 5.73 Å². The topological polar surface area (TPSA) is 76.8 Å². The van der Waals surface area contributed by atoms with Crippen molar-refractivity contribution in [3.63, 3.8) is 0 Å². The maximum Gasteiger partial charge on any atom is 0.312 e. The number of amides is 2. The van der Waals surface area contributed by atoms with E-state index in [1.807, 2.05) is 24.3 Å². The number of benzene rings is 2. The maximum absolute atomic E-state index is 11.0. The highest BCUT2D eigenvalue weighted by atomic mass is 16.7. The second-order valence-electron chi connectivity index (χ2n) is 6.70. The minimum absolute atomic E-state index is 0.288. The van der Waals surface area contributed by atoms with Crippen molar-refractivity contribution in [2.45, 2.75) is 25.4 Å². The molecule has 6 nitrogen and oxygen atoms in total. The molecule has 0 saturated heterocycles. The number of carbonyl (C=O) groups excluding carboxylic acids is 1. The molecule has 1 aliphatic rings. The second kappa shape index (κ2) is 8.10. The number of primary amides is 1. The highest BCUT2D eigenvalue weighted by molar-refractivity contribution is 5.71. The molecule has 2 aromatic carbocycles. The van der Waals surface area contributed by atoms with Crippen molar-refractivity contribution in [3.8, 4) is 11.5 Å². The summed E-state index contributed by atoms with van der Waals surface area (Å²) in [7, 11) is 4.17. The zero-order chi connectivity index (χ0) is 18.5. The van der Waals surface area contributed by atoms with Gasteiger partial charge >= 0.3 is 6.03 Å². The molecule has 1 heterocycles. The number of fused-ring (bicyclic) bond motifs is 1. The van der Waals surface area contributed by atoms with E-state index in [-0.39, 0.29) is 6.79 Å². The van der Waals surface area contributed by atoms with Crippen molar-refractivity contribution in [1.82, 2.24) is 10.2 Å². The van der Waals surface area contributed by atoms with E-state index in [1.165, 1.54) is 11.1 Å². The molecule has 0 bridgehead atoms. The van der Waals surface area contributed by atoms with E-state index in [0.29, 0.717) is 12.6 Å². The number of nitrogens with one attached hydrogen (secondary N) is 1. The monoisotopic (exact) mass is 355 g/mol. The van der Waals surface area contributed by atoms with Crippen LogP contribution >= 0.6 is 0 Å². The average Bonchev–Trinajstić information content (AvgIpc) is 3.08. The largest absolute Gasteiger partial charge is 0.454 e. The van der Waals surface area contributed by atoms with Gasteiger partial charge in [-0.05, 0) is 55.8 Å². The summed E-state index contributed by atoms with van der Waals surface area (Å²) in [6, 6.07) is 14.0. The van der Waals surface area contributed by atoms with Crippen LogP contribution in [0.1, 0.15) is 16.7 Å². The third-order valence-electron chi connectivity index (χ3n) is 4.67. The van der Waals surface area contributed by atoms with Gasteiger partial charge in [0.15, 0.2) is 11.5 Å². The van der Waals surface area contributed by atoms with E-state index in [0.717, 1.165) is 29.9 Å². The Kier molecular flexibility index (Phi) is 5.63. The number of carbonyl (C=O) groups is 1. The molecule has 3 N–H and O–H groups in total. The average molecular weight is 355 g/mol. The Morgan fingerprint density at radius 1 is 1.12 bits per heavy atom. The highest BCUT2D eigenvalue weighted by Crippen LogP contribution is 2.33. The van der Waals surface area contributed by atoms with Crippen LogP contribution in [0, 0.1) is 0 Å². The standard InChI is InChI=1S/C20H25N3O3/c1-23(2)17(9-14-7-8-18-19(10-14)26-13-25-18)11-15-5-3-4-6-16(15)12-22-20(21)24/h3-8,10,17H,9,11-13H2,1-2H3,(H3,21,22,24). The van der Waals surface area contributed by atoms with Crippen molar-refractivity contribution < 1.29 is 14.3 Å². The fraction of sp³-hybridized carbons (Fsp3) is 0.350. The van der Waals surface area contributed by atoms with E-state index in [2.05, 4.69) is 42.5 Å². The first kappa shape index (κ1) is 18.1. The van der Waals surface area contributed by atoms with Gasteiger partial charge in [-0.1, -0.05) is 30.3 Å². The molecule has 26 heavy (non-hydrogen) atoms. The summed E-state index contributed by atoms with van der Waals surface area (Å²) in [5.74, 6) is 1.61. The smallest absolute Gasteiger partial charge is 0.312 e. The molecule has 0 saturated carbocycles. The zero-order valence-electron chi connectivity index (χ0n) is 15.2. The van der Waals surface area contributed by atoms with Gasteiger partial charge in [0, 0.05) is 12.6 Å². The number of hydrogen-bond donors (Lipinski definition) is 2. The lowest BCUT2D eigenvalue weighted by Gasteiger charge is -2.26.